The van der Waals surface area contributed by atoms with Crippen molar-refractivity contribution in [1.29, 1.82) is 0 Å². The number of amides is 1. The van der Waals surface area contributed by atoms with Crippen LogP contribution in [0.3, 0.4) is 0 Å². The number of carboxylic acids is 1. The summed E-state index contributed by atoms with van der Waals surface area (Å²) in [6.45, 7) is 3.69. The van der Waals surface area contributed by atoms with E-state index in [1.807, 2.05) is 50.3 Å². The number of ketones is 1. The minimum atomic E-state index is -1.02. The first-order chi connectivity index (χ1) is 12.9. The fraction of sp³-hybridized carbons (Fsp3) is 0.476. The number of hydrogen-bond donors (Lipinski definition) is 1. The van der Waals surface area contributed by atoms with Gasteiger partial charge in [-0.3, -0.25) is 14.4 Å². The largest absolute Gasteiger partial charge is 0.481 e. The van der Waals surface area contributed by atoms with Crippen molar-refractivity contribution in [2.45, 2.75) is 37.6 Å². The summed E-state index contributed by atoms with van der Waals surface area (Å²) in [6, 6.07) is 8.63. The molecule has 2 bridgehead atoms. The Labute approximate surface area is 156 Å². The highest BCUT2D eigenvalue weighted by molar-refractivity contribution is 5.96. The average Bonchev–Trinajstić information content (AvgIpc) is 3.29. The Morgan fingerprint density at radius 1 is 1.15 bits per heavy atom. The minimum absolute atomic E-state index is 0.0900. The minimum Gasteiger partial charge on any atom is -0.481 e. The standard InChI is InChI=1S/C21H21NO5/c1-10-16(12-6-4-3-5-7-12)22-18(11(2)17(10)23)21-9-8-13(27-21)14(20(25)26)15(21)19(22)24/h3-11,13-16,18H,1-2H3,(H,25,26)/t10-,11-,13+,14+,15-,16+,18-,21-/m0/s1. The van der Waals surface area contributed by atoms with E-state index in [-0.39, 0.29) is 17.6 Å². The summed E-state index contributed by atoms with van der Waals surface area (Å²) in [5, 5.41) is 9.73. The van der Waals surface area contributed by atoms with Crippen molar-refractivity contribution in [2.24, 2.45) is 23.7 Å². The van der Waals surface area contributed by atoms with Gasteiger partial charge in [-0.1, -0.05) is 56.3 Å². The highest BCUT2D eigenvalue weighted by Gasteiger charge is 2.74. The van der Waals surface area contributed by atoms with Crippen molar-refractivity contribution in [3.8, 4) is 0 Å². The lowest BCUT2D eigenvalue weighted by atomic mass is 9.69. The Hall–Kier alpha value is -2.47. The number of benzene rings is 1. The van der Waals surface area contributed by atoms with E-state index in [0.29, 0.717) is 0 Å². The van der Waals surface area contributed by atoms with Gasteiger partial charge in [-0.25, -0.2) is 0 Å². The lowest BCUT2D eigenvalue weighted by Gasteiger charge is -2.47. The van der Waals surface area contributed by atoms with E-state index in [1.54, 1.807) is 11.0 Å². The molecule has 140 valence electrons. The quantitative estimate of drug-likeness (QED) is 0.806. The van der Waals surface area contributed by atoms with E-state index >= 15 is 0 Å². The summed E-state index contributed by atoms with van der Waals surface area (Å²) in [7, 11) is 0. The first-order valence-corrected chi connectivity index (χ1v) is 9.39. The van der Waals surface area contributed by atoms with Crippen LogP contribution in [0.5, 0.6) is 0 Å². The number of Topliss-reactive ketones (excluding diaryl/α,β-unsaturated/α-hetero) is 1. The predicted octanol–water partition coefficient (Wildman–Crippen LogP) is 1.82. The first-order valence-electron chi connectivity index (χ1n) is 9.39. The molecule has 0 saturated carbocycles. The molecule has 1 aromatic carbocycles. The summed E-state index contributed by atoms with van der Waals surface area (Å²) in [5.41, 5.74) is -0.127. The molecular weight excluding hydrogens is 346 g/mol. The van der Waals surface area contributed by atoms with Gasteiger partial charge >= 0.3 is 5.97 Å². The average molecular weight is 367 g/mol. The molecule has 1 spiro atoms. The molecule has 0 radical (unpaired) electrons. The molecule has 3 saturated heterocycles. The number of fused-ring (bicyclic) bond motifs is 2. The van der Waals surface area contributed by atoms with Crippen LogP contribution in [0.1, 0.15) is 25.5 Å². The fourth-order valence-electron chi connectivity index (χ4n) is 5.90. The van der Waals surface area contributed by atoms with E-state index in [0.717, 1.165) is 5.56 Å². The number of carbonyl (C=O) groups is 3. The van der Waals surface area contributed by atoms with Gasteiger partial charge in [-0.05, 0) is 5.56 Å². The van der Waals surface area contributed by atoms with E-state index in [4.69, 9.17) is 4.74 Å². The fourth-order valence-corrected chi connectivity index (χ4v) is 5.90. The summed E-state index contributed by atoms with van der Waals surface area (Å²) in [5.74, 6) is -3.59. The molecule has 0 unspecified atom stereocenters. The summed E-state index contributed by atoms with van der Waals surface area (Å²) < 4.78 is 6.13. The van der Waals surface area contributed by atoms with Crippen LogP contribution in [0.4, 0.5) is 0 Å². The molecule has 4 aliphatic heterocycles. The first kappa shape index (κ1) is 16.7. The molecule has 3 fully saturated rings. The van der Waals surface area contributed by atoms with Gasteiger partial charge in [0.15, 0.2) is 0 Å². The van der Waals surface area contributed by atoms with Gasteiger partial charge in [0.2, 0.25) is 5.91 Å². The molecule has 4 heterocycles. The number of carbonyl (C=O) groups excluding carboxylic acids is 2. The molecule has 1 N–H and O–H groups in total. The Balaban J connectivity index is 1.69. The highest BCUT2D eigenvalue weighted by Crippen LogP contribution is 2.60. The van der Waals surface area contributed by atoms with Gasteiger partial charge in [-0.15, -0.1) is 0 Å². The number of rotatable bonds is 2. The maximum absolute atomic E-state index is 13.5. The summed E-state index contributed by atoms with van der Waals surface area (Å²) in [4.78, 5) is 40.3. The Kier molecular flexibility index (Phi) is 3.27. The third-order valence-corrected chi connectivity index (χ3v) is 6.94. The van der Waals surface area contributed by atoms with Crippen LogP contribution in [0.15, 0.2) is 42.5 Å². The van der Waals surface area contributed by atoms with Crippen LogP contribution in [0.2, 0.25) is 0 Å². The molecule has 4 aliphatic rings. The van der Waals surface area contributed by atoms with Crippen molar-refractivity contribution in [3.05, 3.63) is 48.0 Å². The van der Waals surface area contributed by atoms with Gasteiger partial charge in [0.25, 0.3) is 0 Å². The van der Waals surface area contributed by atoms with Gasteiger partial charge in [0.1, 0.15) is 17.3 Å². The van der Waals surface area contributed by atoms with E-state index < -0.39 is 47.5 Å². The zero-order valence-corrected chi connectivity index (χ0v) is 15.1. The highest BCUT2D eigenvalue weighted by atomic mass is 16.5. The number of hydrogen-bond acceptors (Lipinski definition) is 4. The zero-order chi connectivity index (χ0) is 19.1. The Morgan fingerprint density at radius 3 is 2.52 bits per heavy atom. The predicted molar refractivity (Wildman–Crippen MR) is 94.5 cm³/mol. The van der Waals surface area contributed by atoms with Crippen LogP contribution in [-0.4, -0.2) is 45.4 Å². The van der Waals surface area contributed by atoms with E-state index in [2.05, 4.69) is 0 Å². The second-order valence-electron chi connectivity index (χ2n) is 8.16. The molecule has 6 nitrogen and oxygen atoms in total. The van der Waals surface area contributed by atoms with Crippen molar-refractivity contribution >= 4 is 17.7 Å². The van der Waals surface area contributed by atoms with Crippen LogP contribution < -0.4 is 0 Å². The smallest absolute Gasteiger partial charge is 0.310 e. The number of carboxylic acid groups (broad SMARTS) is 1. The molecule has 8 atom stereocenters. The van der Waals surface area contributed by atoms with E-state index in [9.17, 15) is 19.5 Å². The molecule has 27 heavy (non-hydrogen) atoms. The topological polar surface area (TPSA) is 83.9 Å². The van der Waals surface area contributed by atoms with Gasteiger partial charge < -0.3 is 14.7 Å². The Morgan fingerprint density at radius 2 is 1.85 bits per heavy atom. The maximum Gasteiger partial charge on any atom is 0.310 e. The monoisotopic (exact) mass is 367 g/mol. The Bertz CT molecular complexity index is 880. The van der Waals surface area contributed by atoms with E-state index in [1.165, 1.54) is 0 Å². The zero-order valence-electron chi connectivity index (χ0n) is 15.1. The van der Waals surface area contributed by atoms with Crippen molar-refractivity contribution < 1.29 is 24.2 Å². The molecule has 0 aliphatic carbocycles. The van der Waals surface area contributed by atoms with Crippen LogP contribution >= 0.6 is 0 Å². The van der Waals surface area contributed by atoms with Crippen LogP contribution in [0, 0.1) is 23.7 Å². The second-order valence-corrected chi connectivity index (χ2v) is 8.16. The van der Waals surface area contributed by atoms with Crippen molar-refractivity contribution in [1.82, 2.24) is 4.90 Å². The summed E-state index contributed by atoms with van der Waals surface area (Å²) in [6.07, 6.45) is 2.99. The molecular formula is C21H21NO5. The van der Waals surface area contributed by atoms with Crippen LogP contribution in [-0.2, 0) is 19.1 Å². The van der Waals surface area contributed by atoms with Crippen molar-refractivity contribution in [3.63, 3.8) is 0 Å². The van der Waals surface area contributed by atoms with Gasteiger partial charge in [0, 0.05) is 11.8 Å². The number of piperidine rings is 1. The number of nitrogens with zero attached hydrogens (tertiary/aromatic N) is 1. The summed E-state index contributed by atoms with van der Waals surface area (Å²) >= 11 is 0. The lowest BCUT2D eigenvalue weighted by molar-refractivity contribution is -0.155. The third-order valence-electron chi connectivity index (χ3n) is 6.94. The molecule has 6 heteroatoms. The third kappa shape index (κ3) is 1.86. The maximum atomic E-state index is 13.5. The van der Waals surface area contributed by atoms with Crippen LogP contribution in [0.25, 0.3) is 0 Å². The lowest BCUT2D eigenvalue weighted by Crippen LogP contribution is -2.58. The molecule has 0 aromatic heterocycles. The normalized spacial score (nSPS) is 44.5. The number of ether oxygens (including phenoxy) is 1. The van der Waals surface area contributed by atoms with Gasteiger partial charge in [-0.2, -0.15) is 0 Å². The molecule has 1 aromatic rings. The number of aliphatic carboxylic acids is 1. The SMILES string of the molecule is C[C@@H]1C(=O)[C@H](C)[C@@H]2N(C(=O)[C@@H]3[C@H](C(=O)O)[C@H]4C=C[C@]32O4)[C@H]1c1ccccc1. The van der Waals surface area contributed by atoms with Gasteiger partial charge in [0.05, 0.1) is 24.1 Å². The molecule has 5 rings (SSSR count). The molecule has 1 amide bonds. The second kappa shape index (κ2) is 5.29. The van der Waals surface area contributed by atoms with Crippen molar-refractivity contribution in [2.75, 3.05) is 0 Å².